The van der Waals surface area contributed by atoms with E-state index in [2.05, 4.69) is 15.0 Å². The molecule has 1 aromatic carbocycles. The normalized spacial score (nSPS) is 10.8. The first kappa shape index (κ1) is 9.36. The van der Waals surface area contributed by atoms with Crippen LogP contribution >= 0.6 is 11.6 Å². The topological polar surface area (TPSA) is 41.6 Å². The fraction of sp³-hybridized carbons (Fsp3) is 0. The standard InChI is InChI=1S/C12H8ClN3/c13-9-4-2-1-3-8(9)10-7-11-12(16-10)15-6-5-14-11/h1-7H,(H,15,16). The molecule has 4 heteroatoms. The molecule has 0 saturated carbocycles. The molecular formula is C12H8ClN3. The van der Waals surface area contributed by atoms with Crippen LogP contribution in [0.2, 0.25) is 5.02 Å². The van der Waals surface area contributed by atoms with Gasteiger partial charge in [-0.15, -0.1) is 0 Å². The Hall–Kier alpha value is -1.87. The van der Waals surface area contributed by atoms with Crippen molar-refractivity contribution < 1.29 is 0 Å². The van der Waals surface area contributed by atoms with Crippen LogP contribution in [-0.4, -0.2) is 15.0 Å². The Balaban J connectivity index is 2.23. The van der Waals surface area contributed by atoms with E-state index in [-0.39, 0.29) is 0 Å². The van der Waals surface area contributed by atoms with Gasteiger partial charge in [0.25, 0.3) is 0 Å². The summed E-state index contributed by atoms with van der Waals surface area (Å²) in [6.07, 6.45) is 3.34. The second-order valence-corrected chi connectivity index (χ2v) is 3.86. The first-order valence-corrected chi connectivity index (χ1v) is 5.27. The largest absolute Gasteiger partial charge is 0.338 e. The molecule has 0 amide bonds. The molecule has 2 heterocycles. The van der Waals surface area contributed by atoms with E-state index in [0.29, 0.717) is 5.02 Å². The van der Waals surface area contributed by atoms with Crippen molar-refractivity contribution in [2.75, 3.05) is 0 Å². The number of fused-ring (bicyclic) bond motifs is 1. The summed E-state index contributed by atoms with van der Waals surface area (Å²) in [6, 6.07) is 9.64. The van der Waals surface area contributed by atoms with Gasteiger partial charge >= 0.3 is 0 Å². The molecule has 2 aromatic heterocycles. The molecule has 0 saturated heterocycles. The van der Waals surface area contributed by atoms with E-state index in [9.17, 15) is 0 Å². The van der Waals surface area contributed by atoms with Crippen molar-refractivity contribution in [3.05, 3.63) is 47.7 Å². The molecule has 0 atom stereocenters. The van der Waals surface area contributed by atoms with Crippen molar-refractivity contribution >= 4 is 22.8 Å². The lowest BCUT2D eigenvalue weighted by Crippen LogP contribution is -1.79. The van der Waals surface area contributed by atoms with Gasteiger partial charge < -0.3 is 4.98 Å². The van der Waals surface area contributed by atoms with Gasteiger partial charge in [-0.1, -0.05) is 29.8 Å². The third-order valence-electron chi connectivity index (χ3n) is 2.42. The third kappa shape index (κ3) is 1.46. The number of nitrogens with one attached hydrogen (secondary N) is 1. The molecule has 0 bridgehead atoms. The van der Waals surface area contributed by atoms with Crippen LogP contribution in [0.4, 0.5) is 0 Å². The Kier molecular flexibility index (Phi) is 2.11. The Labute approximate surface area is 97.1 Å². The molecular weight excluding hydrogens is 222 g/mol. The molecule has 1 N–H and O–H groups in total. The molecule has 0 aliphatic heterocycles. The van der Waals surface area contributed by atoms with Gasteiger partial charge in [-0.3, -0.25) is 4.98 Å². The molecule has 0 aliphatic rings. The van der Waals surface area contributed by atoms with Crippen molar-refractivity contribution in [1.29, 1.82) is 0 Å². The predicted octanol–water partition coefficient (Wildman–Crippen LogP) is 3.28. The molecule has 0 fully saturated rings. The van der Waals surface area contributed by atoms with Crippen LogP contribution in [0.3, 0.4) is 0 Å². The van der Waals surface area contributed by atoms with E-state index >= 15 is 0 Å². The SMILES string of the molecule is Clc1ccccc1-c1cc2nccnc2[nH]1. The van der Waals surface area contributed by atoms with E-state index in [1.165, 1.54) is 0 Å². The van der Waals surface area contributed by atoms with Crippen LogP contribution in [0, 0.1) is 0 Å². The van der Waals surface area contributed by atoms with Gasteiger partial charge in [-0.05, 0) is 12.1 Å². The molecule has 3 aromatic rings. The zero-order valence-electron chi connectivity index (χ0n) is 8.31. The first-order chi connectivity index (χ1) is 7.84. The second kappa shape index (κ2) is 3.61. The molecule has 16 heavy (non-hydrogen) atoms. The molecule has 3 rings (SSSR count). The number of aromatic nitrogens is 3. The smallest absolute Gasteiger partial charge is 0.156 e. The van der Waals surface area contributed by atoms with Crippen molar-refractivity contribution in [2.24, 2.45) is 0 Å². The minimum Gasteiger partial charge on any atom is -0.338 e. The highest BCUT2D eigenvalue weighted by Gasteiger charge is 2.06. The van der Waals surface area contributed by atoms with Gasteiger partial charge in [-0.25, -0.2) is 4.98 Å². The fourth-order valence-electron chi connectivity index (χ4n) is 1.68. The monoisotopic (exact) mass is 229 g/mol. The number of nitrogens with zero attached hydrogens (tertiary/aromatic N) is 2. The van der Waals surface area contributed by atoms with Crippen molar-refractivity contribution in [3.8, 4) is 11.3 Å². The maximum atomic E-state index is 6.13. The van der Waals surface area contributed by atoms with Crippen LogP contribution in [0.1, 0.15) is 0 Å². The zero-order chi connectivity index (χ0) is 11.0. The van der Waals surface area contributed by atoms with Crippen LogP contribution in [-0.2, 0) is 0 Å². The van der Waals surface area contributed by atoms with Crippen LogP contribution in [0.5, 0.6) is 0 Å². The predicted molar refractivity (Wildman–Crippen MR) is 64.3 cm³/mol. The van der Waals surface area contributed by atoms with Gasteiger partial charge in [0.1, 0.15) is 5.52 Å². The van der Waals surface area contributed by atoms with E-state index in [1.807, 2.05) is 30.3 Å². The highest BCUT2D eigenvalue weighted by molar-refractivity contribution is 6.33. The molecule has 0 aliphatic carbocycles. The van der Waals surface area contributed by atoms with Crippen LogP contribution in [0.15, 0.2) is 42.7 Å². The minimum absolute atomic E-state index is 0.717. The first-order valence-electron chi connectivity index (χ1n) is 4.89. The van der Waals surface area contributed by atoms with Crippen molar-refractivity contribution in [1.82, 2.24) is 15.0 Å². The Bertz CT molecular complexity index is 612. The third-order valence-corrected chi connectivity index (χ3v) is 2.75. The average Bonchev–Trinajstić information content (AvgIpc) is 2.73. The van der Waals surface area contributed by atoms with Crippen LogP contribution < -0.4 is 0 Å². The number of halogens is 1. The van der Waals surface area contributed by atoms with Crippen LogP contribution in [0.25, 0.3) is 22.4 Å². The summed E-state index contributed by atoms with van der Waals surface area (Å²) in [5, 5.41) is 0.717. The molecule has 0 unspecified atom stereocenters. The molecule has 0 spiro atoms. The van der Waals surface area contributed by atoms with Gasteiger partial charge in [0, 0.05) is 23.0 Å². The number of hydrogen-bond donors (Lipinski definition) is 1. The number of H-pyrrole nitrogens is 1. The van der Waals surface area contributed by atoms with E-state index in [0.717, 1.165) is 22.4 Å². The number of benzene rings is 1. The van der Waals surface area contributed by atoms with Crippen molar-refractivity contribution in [3.63, 3.8) is 0 Å². The molecule has 78 valence electrons. The summed E-state index contributed by atoms with van der Waals surface area (Å²) in [6.45, 7) is 0. The fourth-order valence-corrected chi connectivity index (χ4v) is 1.91. The average molecular weight is 230 g/mol. The molecule has 3 nitrogen and oxygen atoms in total. The summed E-state index contributed by atoms with van der Waals surface area (Å²) in [5.74, 6) is 0. The quantitative estimate of drug-likeness (QED) is 0.696. The summed E-state index contributed by atoms with van der Waals surface area (Å²) in [5.41, 5.74) is 3.52. The summed E-state index contributed by atoms with van der Waals surface area (Å²) >= 11 is 6.13. The lowest BCUT2D eigenvalue weighted by Gasteiger charge is -1.99. The molecule has 0 radical (unpaired) electrons. The van der Waals surface area contributed by atoms with Gasteiger partial charge in [0.15, 0.2) is 5.65 Å². The Morgan fingerprint density at radius 3 is 2.69 bits per heavy atom. The maximum absolute atomic E-state index is 6.13. The summed E-state index contributed by atoms with van der Waals surface area (Å²) < 4.78 is 0. The van der Waals surface area contributed by atoms with Crippen molar-refractivity contribution in [2.45, 2.75) is 0 Å². The number of hydrogen-bond acceptors (Lipinski definition) is 2. The van der Waals surface area contributed by atoms with Gasteiger partial charge in [0.2, 0.25) is 0 Å². The van der Waals surface area contributed by atoms with Gasteiger partial charge in [0.05, 0.1) is 5.69 Å². The van der Waals surface area contributed by atoms with Gasteiger partial charge in [-0.2, -0.15) is 0 Å². The number of aromatic amines is 1. The van der Waals surface area contributed by atoms with E-state index in [4.69, 9.17) is 11.6 Å². The lowest BCUT2D eigenvalue weighted by molar-refractivity contribution is 1.26. The number of rotatable bonds is 1. The highest BCUT2D eigenvalue weighted by atomic mass is 35.5. The van der Waals surface area contributed by atoms with E-state index in [1.54, 1.807) is 12.4 Å². The summed E-state index contributed by atoms with van der Waals surface area (Å²) in [4.78, 5) is 11.6. The highest BCUT2D eigenvalue weighted by Crippen LogP contribution is 2.28. The summed E-state index contributed by atoms with van der Waals surface area (Å²) in [7, 11) is 0. The maximum Gasteiger partial charge on any atom is 0.156 e. The second-order valence-electron chi connectivity index (χ2n) is 3.45. The zero-order valence-corrected chi connectivity index (χ0v) is 9.07. The van der Waals surface area contributed by atoms with E-state index < -0.39 is 0 Å². The minimum atomic E-state index is 0.717. The Morgan fingerprint density at radius 1 is 1.06 bits per heavy atom. The lowest BCUT2D eigenvalue weighted by atomic mass is 10.1. The Morgan fingerprint density at radius 2 is 1.88 bits per heavy atom.